The number of nitrogens with one attached hydrogen (secondary N) is 1. The third-order valence-electron chi connectivity index (χ3n) is 4.15. The highest BCUT2D eigenvalue weighted by Gasteiger charge is 2.31. The minimum atomic E-state index is -2.93. The molecule has 0 aromatic rings. The molecule has 0 aromatic heterocycles. The van der Waals surface area contributed by atoms with E-state index in [-0.39, 0.29) is 29.5 Å². The van der Waals surface area contributed by atoms with Crippen molar-refractivity contribution in [3.63, 3.8) is 0 Å². The van der Waals surface area contributed by atoms with Crippen molar-refractivity contribution in [3.8, 4) is 0 Å². The van der Waals surface area contributed by atoms with E-state index < -0.39 is 9.84 Å². The molecular formula is C13H24N2O3S. The molecule has 5 nitrogen and oxygen atoms in total. The maximum Gasteiger partial charge on any atom is 0.237 e. The Kier molecular flexibility index (Phi) is 4.84. The van der Waals surface area contributed by atoms with Crippen LogP contribution < -0.4 is 5.32 Å². The zero-order chi connectivity index (χ0) is 13.9. The number of likely N-dealkylation sites (tertiary alicyclic amines) is 1. The lowest BCUT2D eigenvalue weighted by molar-refractivity contribution is -0.126. The highest BCUT2D eigenvalue weighted by Crippen LogP contribution is 2.14. The van der Waals surface area contributed by atoms with Gasteiger partial charge in [-0.25, -0.2) is 8.42 Å². The second-order valence-electron chi connectivity index (χ2n) is 5.73. The summed E-state index contributed by atoms with van der Waals surface area (Å²) in [4.78, 5) is 14.4. The van der Waals surface area contributed by atoms with E-state index in [0.29, 0.717) is 6.42 Å². The van der Waals surface area contributed by atoms with Crippen molar-refractivity contribution >= 4 is 15.7 Å². The van der Waals surface area contributed by atoms with Crippen molar-refractivity contribution in [2.24, 2.45) is 0 Å². The molecule has 2 unspecified atom stereocenters. The van der Waals surface area contributed by atoms with Crippen molar-refractivity contribution in [3.05, 3.63) is 0 Å². The summed E-state index contributed by atoms with van der Waals surface area (Å²) in [5.41, 5.74) is 0. The minimum absolute atomic E-state index is 0.0241. The van der Waals surface area contributed by atoms with Crippen molar-refractivity contribution in [1.82, 2.24) is 10.2 Å². The van der Waals surface area contributed by atoms with Crippen LogP contribution in [0.1, 0.15) is 39.0 Å². The van der Waals surface area contributed by atoms with Crippen LogP contribution in [0.25, 0.3) is 0 Å². The smallest absolute Gasteiger partial charge is 0.237 e. The van der Waals surface area contributed by atoms with Gasteiger partial charge in [-0.1, -0.05) is 12.8 Å². The van der Waals surface area contributed by atoms with Crippen LogP contribution in [0.5, 0.6) is 0 Å². The number of carbonyl (C=O) groups excluding carboxylic acids is 1. The van der Waals surface area contributed by atoms with E-state index in [0.717, 1.165) is 25.9 Å². The van der Waals surface area contributed by atoms with E-state index >= 15 is 0 Å². The molecule has 2 aliphatic heterocycles. The van der Waals surface area contributed by atoms with E-state index in [4.69, 9.17) is 0 Å². The van der Waals surface area contributed by atoms with Gasteiger partial charge in [0.15, 0.2) is 9.84 Å². The lowest BCUT2D eigenvalue weighted by atomic mass is 10.2. The molecule has 1 N–H and O–H groups in total. The highest BCUT2D eigenvalue weighted by molar-refractivity contribution is 7.91. The average Bonchev–Trinajstić information content (AvgIpc) is 2.59. The summed E-state index contributed by atoms with van der Waals surface area (Å²) >= 11 is 0. The summed E-state index contributed by atoms with van der Waals surface area (Å²) < 4.78 is 22.8. The van der Waals surface area contributed by atoms with Crippen molar-refractivity contribution in [1.29, 1.82) is 0 Å². The summed E-state index contributed by atoms with van der Waals surface area (Å²) in [7, 11) is -2.93. The SMILES string of the molecule is CC(C(=O)NC1CCS(=O)(=O)C1)N1CCCCCC1. The molecule has 2 atom stereocenters. The van der Waals surface area contributed by atoms with Gasteiger partial charge in [-0.2, -0.15) is 0 Å². The van der Waals surface area contributed by atoms with Gasteiger partial charge in [0, 0.05) is 6.04 Å². The Morgan fingerprint density at radius 3 is 2.37 bits per heavy atom. The number of carbonyl (C=O) groups is 1. The lowest BCUT2D eigenvalue weighted by Gasteiger charge is -2.27. The summed E-state index contributed by atoms with van der Waals surface area (Å²) in [5.74, 6) is 0.283. The molecule has 2 saturated heterocycles. The van der Waals surface area contributed by atoms with Gasteiger partial charge in [0.1, 0.15) is 0 Å². The first-order chi connectivity index (χ1) is 8.98. The van der Waals surface area contributed by atoms with Gasteiger partial charge in [0.05, 0.1) is 17.5 Å². The summed E-state index contributed by atoms with van der Waals surface area (Å²) in [6, 6.07) is -0.340. The second-order valence-corrected chi connectivity index (χ2v) is 7.96. The molecule has 0 bridgehead atoms. The fourth-order valence-electron chi connectivity index (χ4n) is 2.88. The first-order valence-electron chi connectivity index (χ1n) is 7.23. The van der Waals surface area contributed by atoms with Crippen LogP contribution in [0.4, 0.5) is 0 Å². The summed E-state index contributed by atoms with van der Waals surface area (Å²) in [6.07, 6.45) is 5.34. The van der Waals surface area contributed by atoms with Crippen molar-refractivity contribution < 1.29 is 13.2 Å². The van der Waals surface area contributed by atoms with Crippen molar-refractivity contribution in [2.45, 2.75) is 51.1 Å². The average molecular weight is 288 g/mol. The largest absolute Gasteiger partial charge is 0.351 e. The molecular weight excluding hydrogens is 264 g/mol. The molecule has 2 fully saturated rings. The quantitative estimate of drug-likeness (QED) is 0.824. The van der Waals surface area contributed by atoms with Gasteiger partial charge in [-0.3, -0.25) is 9.69 Å². The minimum Gasteiger partial charge on any atom is -0.351 e. The number of hydrogen-bond acceptors (Lipinski definition) is 4. The van der Waals surface area contributed by atoms with Crippen LogP contribution in [0.3, 0.4) is 0 Å². The number of rotatable bonds is 3. The molecule has 19 heavy (non-hydrogen) atoms. The number of nitrogens with zero attached hydrogens (tertiary/aromatic N) is 1. The predicted octanol–water partition coefficient (Wildman–Crippen LogP) is 0.554. The van der Waals surface area contributed by atoms with Crippen LogP contribution >= 0.6 is 0 Å². The fraction of sp³-hybridized carbons (Fsp3) is 0.923. The zero-order valence-electron chi connectivity index (χ0n) is 11.6. The van der Waals surface area contributed by atoms with Crippen LogP contribution in [0.2, 0.25) is 0 Å². The first-order valence-corrected chi connectivity index (χ1v) is 9.05. The molecule has 2 heterocycles. The van der Waals surface area contributed by atoms with Crippen LogP contribution in [0, 0.1) is 0 Å². The Morgan fingerprint density at radius 2 is 1.84 bits per heavy atom. The molecule has 1 amide bonds. The molecule has 0 radical (unpaired) electrons. The molecule has 0 aromatic carbocycles. The molecule has 0 spiro atoms. The van der Waals surface area contributed by atoms with E-state index in [9.17, 15) is 13.2 Å². The van der Waals surface area contributed by atoms with Gasteiger partial charge in [-0.05, 0) is 39.3 Å². The number of amides is 1. The second kappa shape index (κ2) is 6.22. The van der Waals surface area contributed by atoms with Gasteiger partial charge < -0.3 is 5.32 Å². The maximum atomic E-state index is 12.2. The summed E-state index contributed by atoms with van der Waals surface area (Å²) in [6.45, 7) is 3.86. The Morgan fingerprint density at radius 1 is 1.21 bits per heavy atom. The number of hydrogen-bond donors (Lipinski definition) is 1. The van der Waals surface area contributed by atoms with Crippen molar-refractivity contribution in [2.75, 3.05) is 24.6 Å². The Bertz CT molecular complexity index is 414. The fourth-order valence-corrected chi connectivity index (χ4v) is 4.55. The molecule has 6 heteroatoms. The van der Waals surface area contributed by atoms with E-state index in [2.05, 4.69) is 10.2 Å². The van der Waals surface area contributed by atoms with E-state index in [1.54, 1.807) is 0 Å². The molecule has 2 aliphatic rings. The predicted molar refractivity (Wildman–Crippen MR) is 74.7 cm³/mol. The van der Waals surface area contributed by atoms with Gasteiger partial charge in [-0.15, -0.1) is 0 Å². The lowest BCUT2D eigenvalue weighted by Crippen LogP contribution is -2.48. The third-order valence-corrected chi connectivity index (χ3v) is 5.91. The van der Waals surface area contributed by atoms with Gasteiger partial charge in [0.2, 0.25) is 5.91 Å². The molecule has 0 aliphatic carbocycles. The molecule has 110 valence electrons. The monoisotopic (exact) mass is 288 g/mol. The van der Waals surface area contributed by atoms with Gasteiger partial charge in [0.25, 0.3) is 0 Å². The van der Waals surface area contributed by atoms with Crippen LogP contribution in [-0.4, -0.2) is 55.9 Å². The van der Waals surface area contributed by atoms with Gasteiger partial charge >= 0.3 is 0 Å². The Hall–Kier alpha value is -0.620. The van der Waals surface area contributed by atoms with E-state index in [1.165, 1.54) is 12.8 Å². The topological polar surface area (TPSA) is 66.5 Å². The maximum absolute atomic E-state index is 12.2. The van der Waals surface area contributed by atoms with E-state index in [1.807, 2.05) is 6.92 Å². The zero-order valence-corrected chi connectivity index (χ0v) is 12.4. The highest BCUT2D eigenvalue weighted by atomic mass is 32.2. The standard InChI is InChI=1S/C13H24N2O3S/c1-11(15-7-4-2-3-5-8-15)13(16)14-12-6-9-19(17,18)10-12/h11-12H,2-10H2,1H3,(H,14,16). The van der Waals surface area contributed by atoms with Crippen LogP contribution in [0.15, 0.2) is 0 Å². The molecule has 2 rings (SSSR count). The third kappa shape index (κ3) is 4.18. The van der Waals surface area contributed by atoms with Crippen LogP contribution in [-0.2, 0) is 14.6 Å². The number of sulfone groups is 1. The molecule has 0 saturated carbocycles. The Balaban J connectivity index is 1.85. The normalized spacial score (nSPS) is 29.6. The Labute approximate surface area is 115 Å². The summed E-state index contributed by atoms with van der Waals surface area (Å²) in [5, 5.41) is 2.89. The first kappa shape index (κ1) is 14.8.